The average Bonchev–Trinajstić information content (AvgIpc) is 3.24. The van der Waals surface area contributed by atoms with Crippen molar-refractivity contribution in [1.82, 2.24) is 0 Å². The predicted octanol–water partition coefficient (Wildman–Crippen LogP) is 13.5. The summed E-state index contributed by atoms with van der Waals surface area (Å²) in [5, 5.41) is 8.91. The van der Waals surface area contributed by atoms with Gasteiger partial charge in [-0.1, -0.05) is 170 Å². The summed E-state index contributed by atoms with van der Waals surface area (Å²) in [5.41, 5.74) is 5.36. The summed E-state index contributed by atoms with van der Waals surface area (Å²) in [7, 11) is -4.63. The molecule has 0 fully saturated rings. The summed E-state index contributed by atoms with van der Waals surface area (Å²) in [6.45, 7) is 3.69. The molecule has 11 heteroatoms. The molecule has 0 rings (SSSR count). The van der Waals surface area contributed by atoms with Gasteiger partial charge in [0.25, 0.3) is 0 Å². The maximum absolute atomic E-state index is 12.7. The minimum Gasteiger partial charge on any atom is -0.480 e. The van der Waals surface area contributed by atoms with Gasteiger partial charge < -0.3 is 25.2 Å². The molecular weight excluding hydrogens is 790 g/mol. The quantitative estimate of drug-likeness (QED) is 0.0233. The van der Waals surface area contributed by atoms with Crippen LogP contribution in [0.3, 0.4) is 0 Å². The maximum atomic E-state index is 12.7. The first-order chi connectivity index (χ1) is 29.7. The monoisotopic (exact) mass is 876 g/mol. The van der Waals surface area contributed by atoms with Gasteiger partial charge in [-0.3, -0.25) is 18.6 Å². The van der Waals surface area contributed by atoms with Gasteiger partial charge in [-0.15, -0.1) is 0 Å². The van der Waals surface area contributed by atoms with Gasteiger partial charge in [-0.05, 0) is 89.9 Å². The highest BCUT2D eigenvalue weighted by atomic mass is 31.2. The van der Waals surface area contributed by atoms with Crippen molar-refractivity contribution in [3.63, 3.8) is 0 Å². The molecule has 0 aromatic rings. The Hall–Kier alpha value is -2.85. The SMILES string of the molecule is CC/C=C\C/C=C\C/C=C\C/C=C\C/C=C\CCCCCCCCCC(=O)OC(COCCCCCCCC/C=C\C/C=C\CCCCC)COP(=O)(O)OCC(N)C(=O)O. The Balaban J connectivity index is 4.24. The largest absolute Gasteiger partial charge is 0.480 e. The van der Waals surface area contributed by atoms with Crippen LogP contribution in [-0.2, 0) is 32.7 Å². The number of hydrogen-bond acceptors (Lipinski definition) is 8. The summed E-state index contributed by atoms with van der Waals surface area (Å²) in [6.07, 6.45) is 57.7. The third-order valence-corrected chi connectivity index (χ3v) is 10.6. The van der Waals surface area contributed by atoms with E-state index in [0.29, 0.717) is 13.0 Å². The van der Waals surface area contributed by atoms with Crippen LogP contribution < -0.4 is 5.73 Å². The molecule has 0 saturated heterocycles. The molecule has 0 heterocycles. The van der Waals surface area contributed by atoms with Crippen molar-refractivity contribution in [2.75, 3.05) is 26.4 Å². The number of unbranched alkanes of at least 4 members (excludes halogenated alkanes) is 16. The predicted molar refractivity (Wildman–Crippen MR) is 253 cm³/mol. The molecule has 0 spiro atoms. The molecule has 0 aromatic carbocycles. The van der Waals surface area contributed by atoms with Crippen molar-refractivity contribution in [2.24, 2.45) is 5.73 Å². The van der Waals surface area contributed by atoms with E-state index in [0.717, 1.165) is 89.9 Å². The number of ether oxygens (including phenoxy) is 2. The normalized spacial score (nSPS) is 14.6. The Bertz CT molecular complexity index is 1290. The number of hydrogen-bond donors (Lipinski definition) is 3. The average molecular weight is 876 g/mol. The van der Waals surface area contributed by atoms with Gasteiger partial charge >= 0.3 is 19.8 Å². The van der Waals surface area contributed by atoms with Crippen LogP contribution >= 0.6 is 7.82 Å². The number of phosphoric acid groups is 1. The first kappa shape index (κ1) is 58.1. The summed E-state index contributed by atoms with van der Waals surface area (Å²) in [6, 6.07) is -1.48. The van der Waals surface area contributed by atoms with Crippen molar-refractivity contribution >= 4 is 19.8 Å². The molecule has 350 valence electrons. The van der Waals surface area contributed by atoms with Gasteiger partial charge in [0.2, 0.25) is 0 Å². The molecule has 10 nitrogen and oxygen atoms in total. The molecule has 4 N–H and O–H groups in total. The summed E-state index contributed by atoms with van der Waals surface area (Å²) in [4.78, 5) is 33.6. The number of carboxylic acid groups (broad SMARTS) is 1. The molecule has 0 aliphatic rings. The maximum Gasteiger partial charge on any atom is 0.472 e. The van der Waals surface area contributed by atoms with Crippen LogP contribution in [0.1, 0.15) is 181 Å². The number of esters is 1. The van der Waals surface area contributed by atoms with E-state index in [2.05, 4.69) is 98.9 Å². The minimum atomic E-state index is -4.63. The van der Waals surface area contributed by atoms with Crippen LogP contribution in [0.25, 0.3) is 0 Å². The van der Waals surface area contributed by atoms with Crippen molar-refractivity contribution in [3.8, 4) is 0 Å². The van der Waals surface area contributed by atoms with E-state index in [1.165, 1.54) is 64.2 Å². The van der Waals surface area contributed by atoms with Crippen LogP contribution in [0, 0.1) is 0 Å². The van der Waals surface area contributed by atoms with Crippen molar-refractivity contribution in [3.05, 3.63) is 85.1 Å². The van der Waals surface area contributed by atoms with Gasteiger partial charge in [0.1, 0.15) is 12.1 Å². The van der Waals surface area contributed by atoms with E-state index < -0.39 is 45.1 Å². The molecule has 3 unspecified atom stereocenters. The summed E-state index contributed by atoms with van der Waals surface area (Å²) < 4.78 is 33.4. The van der Waals surface area contributed by atoms with Crippen LogP contribution in [0.4, 0.5) is 0 Å². The molecule has 0 radical (unpaired) electrons. The molecule has 0 bridgehead atoms. The molecule has 0 saturated carbocycles. The van der Waals surface area contributed by atoms with E-state index in [1.807, 2.05) is 0 Å². The molecule has 0 aliphatic carbocycles. The van der Waals surface area contributed by atoms with Crippen molar-refractivity contribution in [1.29, 1.82) is 0 Å². The smallest absolute Gasteiger partial charge is 0.472 e. The lowest BCUT2D eigenvalue weighted by Gasteiger charge is -2.20. The van der Waals surface area contributed by atoms with E-state index >= 15 is 0 Å². The topological polar surface area (TPSA) is 155 Å². The van der Waals surface area contributed by atoms with Crippen LogP contribution in [0.2, 0.25) is 0 Å². The highest BCUT2D eigenvalue weighted by Crippen LogP contribution is 2.43. The zero-order valence-electron chi connectivity index (χ0n) is 38.2. The second-order valence-electron chi connectivity index (χ2n) is 15.5. The van der Waals surface area contributed by atoms with Gasteiger partial charge in [-0.25, -0.2) is 4.57 Å². The van der Waals surface area contributed by atoms with Crippen LogP contribution in [0.5, 0.6) is 0 Å². The molecule has 61 heavy (non-hydrogen) atoms. The standard InChI is InChI=1S/C50H86NO9P/c1-3-5-7-9-11-13-15-17-19-21-22-23-24-25-26-27-28-30-32-34-36-38-40-42-49(52)60-47(45-58-61(55,56)59-46-48(51)50(53)54)44-57-43-41-39-37-35-33-31-29-20-18-16-14-12-10-8-6-4-2/h5,7,11-14,17-20,22-23,25-26,47-48H,3-4,6,8-10,15-16,21,24,27-46,51H2,1-2H3,(H,53,54)(H,55,56)/b7-5-,13-11-,14-12-,19-17-,20-18-,23-22-,26-25-. The molecule has 0 aromatic heterocycles. The Labute approximate surface area is 371 Å². The van der Waals surface area contributed by atoms with E-state index in [4.69, 9.17) is 29.4 Å². The van der Waals surface area contributed by atoms with Crippen molar-refractivity contribution in [2.45, 2.75) is 193 Å². The third kappa shape index (κ3) is 45.0. The second-order valence-corrected chi connectivity index (χ2v) is 17.0. The lowest BCUT2D eigenvalue weighted by atomic mass is 10.1. The lowest BCUT2D eigenvalue weighted by Crippen LogP contribution is -2.34. The second kappa shape index (κ2) is 45.2. The molecular formula is C50H86NO9P. The Morgan fingerprint density at radius 3 is 1.43 bits per heavy atom. The summed E-state index contributed by atoms with van der Waals surface area (Å²) in [5.74, 6) is -1.80. The van der Waals surface area contributed by atoms with Crippen molar-refractivity contribution < 1.29 is 42.7 Å². The zero-order valence-corrected chi connectivity index (χ0v) is 39.1. The zero-order chi connectivity index (χ0) is 44.8. The van der Waals surface area contributed by atoms with Gasteiger partial charge in [-0.2, -0.15) is 0 Å². The lowest BCUT2D eigenvalue weighted by molar-refractivity contribution is -0.154. The number of rotatable bonds is 44. The number of allylic oxidation sites excluding steroid dienone is 14. The number of nitrogens with two attached hydrogens (primary N) is 1. The summed E-state index contributed by atoms with van der Waals surface area (Å²) >= 11 is 0. The fourth-order valence-corrected chi connectivity index (χ4v) is 6.79. The highest BCUT2D eigenvalue weighted by Gasteiger charge is 2.27. The van der Waals surface area contributed by atoms with E-state index in [-0.39, 0.29) is 13.0 Å². The van der Waals surface area contributed by atoms with Gasteiger partial charge in [0.15, 0.2) is 0 Å². The number of carbonyl (C=O) groups is 2. The van der Waals surface area contributed by atoms with Gasteiger partial charge in [0, 0.05) is 13.0 Å². The first-order valence-electron chi connectivity index (χ1n) is 23.6. The Morgan fingerprint density at radius 2 is 0.951 bits per heavy atom. The van der Waals surface area contributed by atoms with Crippen LogP contribution in [0.15, 0.2) is 85.1 Å². The molecule has 3 atom stereocenters. The number of carboxylic acids is 1. The van der Waals surface area contributed by atoms with Crippen LogP contribution in [-0.4, -0.2) is 60.5 Å². The van der Waals surface area contributed by atoms with E-state index in [9.17, 15) is 19.0 Å². The number of phosphoric ester groups is 1. The third-order valence-electron chi connectivity index (χ3n) is 9.66. The fraction of sp³-hybridized carbons (Fsp3) is 0.680. The highest BCUT2D eigenvalue weighted by molar-refractivity contribution is 7.47. The molecule has 0 amide bonds. The minimum absolute atomic E-state index is 0.000263. The van der Waals surface area contributed by atoms with Gasteiger partial charge in [0.05, 0.1) is 19.8 Å². The first-order valence-corrected chi connectivity index (χ1v) is 25.1. The van der Waals surface area contributed by atoms with E-state index in [1.54, 1.807) is 0 Å². The Kier molecular flexibility index (Phi) is 43.1. The number of aliphatic carboxylic acids is 1. The number of carbonyl (C=O) groups excluding carboxylic acids is 1. The Morgan fingerprint density at radius 1 is 0.541 bits per heavy atom. The fourth-order valence-electron chi connectivity index (χ4n) is 6.01. The molecule has 0 aliphatic heterocycles.